The Morgan fingerprint density at radius 1 is 1.36 bits per heavy atom. The molecular formula is C8H6FN3O2. The molecule has 0 atom stereocenters. The molecule has 6 heteroatoms. The summed E-state index contributed by atoms with van der Waals surface area (Å²) in [6.45, 7) is 0. The first-order chi connectivity index (χ1) is 6.61. The molecule has 14 heavy (non-hydrogen) atoms. The molecule has 0 aliphatic carbocycles. The maximum atomic E-state index is 12.8. The van der Waals surface area contributed by atoms with Gasteiger partial charge in [-0.1, -0.05) is 15.5 Å². The number of aromatic nitrogens is 2. The van der Waals surface area contributed by atoms with Gasteiger partial charge in [0.05, 0.1) is 10.8 Å². The summed E-state index contributed by atoms with van der Waals surface area (Å²) >= 11 is 0. The number of fused-ring (bicyclic) bond motifs is 1. The summed E-state index contributed by atoms with van der Waals surface area (Å²) in [7, 11) is 0. The van der Waals surface area contributed by atoms with Gasteiger partial charge < -0.3 is 5.73 Å². The molecule has 2 rings (SSSR count). The van der Waals surface area contributed by atoms with Crippen molar-refractivity contribution in [1.29, 1.82) is 0 Å². The maximum Gasteiger partial charge on any atom is 0.305 e. The highest BCUT2D eigenvalue weighted by Gasteiger charge is 2.08. The Hall–Kier alpha value is -2.11. The van der Waals surface area contributed by atoms with Crippen molar-refractivity contribution in [2.45, 2.75) is 0 Å². The highest BCUT2D eigenvalue weighted by atomic mass is 19.2. The number of anilines is 1. The molecular weight excluding hydrogens is 189 g/mol. The smallest absolute Gasteiger partial charge is 0.305 e. The van der Waals surface area contributed by atoms with Crippen LogP contribution in [0.4, 0.5) is 10.2 Å². The molecule has 0 aliphatic rings. The van der Waals surface area contributed by atoms with Crippen LogP contribution in [0.1, 0.15) is 0 Å². The molecule has 2 aromatic rings. The van der Waals surface area contributed by atoms with Crippen molar-refractivity contribution in [2.75, 3.05) is 5.73 Å². The van der Waals surface area contributed by atoms with Gasteiger partial charge in [0.15, 0.2) is 0 Å². The zero-order valence-corrected chi connectivity index (χ0v) is 6.95. The summed E-state index contributed by atoms with van der Waals surface area (Å²) in [4.78, 5) is 22.1. The lowest BCUT2D eigenvalue weighted by molar-refractivity contribution is 0.295. The van der Waals surface area contributed by atoms with E-state index in [2.05, 4.69) is 0 Å². The van der Waals surface area contributed by atoms with Crippen LogP contribution in [-0.2, 0) is 0 Å². The van der Waals surface area contributed by atoms with Crippen LogP contribution in [-0.4, -0.2) is 10.0 Å². The molecule has 5 nitrogen and oxygen atoms in total. The summed E-state index contributed by atoms with van der Waals surface area (Å²) in [6.07, 6.45) is 0. The van der Waals surface area contributed by atoms with E-state index in [0.29, 0.717) is 0 Å². The van der Waals surface area contributed by atoms with E-state index < -0.39 is 11.1 Å². The number of rotatable bonds is 0. The molecule has 0 bridgehead atoms. The molecule has 0 saturated carbocycles. The van der Waals surface area contributed by atoms with Crippen LogP contribution < -0.4 is 16.9 Å². The minimum atomic E-state index is -0.960. The third kappa shape index (κ3) is 1.00. The summed E-state index contributed by atoms with van der Waals surface area (Å²) in [5, 5.41) is 1.72. The monoisotopic (exact) mass is 195 g/mol. The van der Waals surface area contributed by atoms with Crippen LogP contribution in [0.5, 0.6) is 0 Å². The van der Waals surface area contributed by atoms with Gasteiger partial charge in [0.2, 0.25) is 0 Å². The summed E-state index contributed by atoms with van der Waals surface area (Å²) in [5.74, 6) is 0. The van der Waals surface area contributed by atoms with Crippen molar-refractivity contribution < 1.29 is 4.48 Å². The van der Waals surface area contributed by atoms with E-state index in [1.165, 1.54) is 18.2 Å². The second-order valence-corrected chi connectivity index (χ2v) is 2.80. The molecule has 0 saturated heterocycles. The average Bonchev–Trinajstić information content (AvgIpc) is 2.14. The van der Waals surface area contributed by atoms with Gasteiger partial charge in [-0.2, -0.15) is 0 Å². The molecule has 0 amide bonds. The van der Waals surface area contributed by atoms with Crippen molar-refractivity contribution in [3.63, 3.8) is 0 Å². The van der Waals surface area contributed by atoms with Crippen LogP contribution in [0.2, 0.25) is 0 Å². The lowest BCUT2D eigenvalue weighted by Crippen LogP contribution is -2.25. The van der Waals surface area contributed by atoms with E-state index in [1.807, 2.05) is 0 Å². The standard InChI is InChI=1S/C8H6FN3O2/c9-12-8(14)6-4(7(13)11-12)2-1-3-5(6)10/h1-3H,10H2,(H,11,13). The summed E-state index contributed by atoms with van der Waals surface area (Å²) in [6, 6.07) is 4.37. The molecule has 72 valence electrons. The lowest BCUT2D eigenvalue weighted by Gasteiger charge is -1.99. The van der Waals surface area contributed by atoms with E-state index in [4.69, 9.17) is 5.73 Å². The number of halogens is 1. The zero-order chi connectivity index (χ0) is 10.3. The SMILES string of the molecule is Nc1cccc2c(=O)[nH]n(F)c(=O)c12. The maximum absolute atomic E-state index is 12.8. The Kier molecular flexibility index (Phi) is 1.63. The fourth-order valence-corrected chi connectivity index (χ4v) is 1.30. The van der Waals surface area contributed by atoms with E-state index in [-0.39, 0.29) is 21.4 Å². The Morgan fingerprint density at radius 2 is 2.07 bits per heavy atom. The number of H-pyrrole nitrogens is 1. The van der Waals surface area contributed by atoms with Crippen LogP contribution in [0.3, 0.4) is 0 Å². The molecule has 1 aromatic carbocycles. The van der Waals surface area contributed by atoms with Crippen LogP contribution >= 0.6 is 0 Å². The number of nitrogens with two attached hydrogens (primary N) is 1. The van der Waals surface area contributed by atoms with Crippen molar-refractivity contribution in [3.05, 3.63) is 38.9 Å². The zero-order valence-electron chi connectivity index (χ0n) is 6.95. The van der Waals surface area contributed by atoms with Crippen LogP contribution in [0.25, 0.3) is 10.8 Å². The fraction of sp³-hybridized carbons (Fsp3) is 0. The van der Waals surface area contributed by atoms with Crippen molar-refractivity contribution in [1.82, 2.24) is 10.0 Å². The molecule has 0 radical (unpaired) electrons. The quantitative estimate of drug-likeness (QED) is 0.581. The highest BCUT2D eigenvalue weighted by molar-refractivity contribution is 5.91. The number of nitrogens with zero attached hydrogens (tertiary/aromatic N) is 1. The summed E-state index contributed by atoms with van der Waals surface area (Å²) in [5.41, 5.74) is 3.90. The van der Waals surface area contributed by atoms with E-state index in [1.54, 1.807) is 5.10 Å². The van der Waals surface area contributed by atoms with E-state index >= 15 is 0 Å². The van der Waals surface area contributed by atoms with Gasteiger partial charge in [-0.25, -0.2) is 5.10 Å². The first kappa shape index (κ1) is 8.49. The predicted molar refractivity (Wildman–Crippen MR) is 49.7 cm³/mol. The number of benzene rings is 1. The number of aromatic amines is 1. The topological polar surface area (TPSA) is 80.9 Å². The van der Waals surface area contributed by atoms with Crippen molar-refractivity contribution in [2.24, 2.45) is 0 Å². The Labute approximate surface area is 76.5 Å². The Balaban J connectivity index is 3.20. The molecule has 0 unspecified atom stereocenters. The van der Waals surface area contributed by atoms with Crippen LogP contribution in [0.15, 0.2) is 27.8 Å². The Morgan fingerprint density at radius 3 is 2.79 bits per heavy atom. The molecule has 0 spiro atoms. The third-order valence-electron chi connectivity index (χ3n) is 1.93. The highest BCUT2D eigenvalue weighted by Crippen LogP contribution is 2.12. The van der Waals surface area contributed by atoms with Gasteiger partial charge in [0.25, 0.3) is 5.56 Å². The van der Waals surface area contributed by atoms with Crippen molar-refractivity contribution in [3.8, 4) is 0 Å². The van der Waals surface area contributed by atoms with Gasteiger partial charge in [-0.05, 0) is 12.1 Å². The van der Waals surface area contributed by atoms with Gasteiger partial charge in [-0.3, -0.25) is 9.59 Å². The normalized spacial score (nSPS) is 10.6. The first-order valence-corrected chi connectivity index (χ1v) is 3.81. The number of hydrogen-bond donors (Lipinski definition) is 2. The lowest BCUT2D eigenvalue weighted by atomic mass is 10.2. The number of hydrogen-bond acceptors (Lipinski definition) is 3. The minimum Gasteiger partial charge on any atom is -0.398 e. The van der Waals surface area contributed by atoms with E-state index in [9.17, 15) is 14.1 Å². The minimum absolute atomic E-state index is 0.0869. The van der Waals surface area contributed by atoms with Gasteiger partial charge >= 0.3 is 5.56 Å². The third-order valence-corrected chi connectivity index (χ3v) is 1.93. The fourth-order valence-electron chi connectivity index (χ4n) is 1.30. The number of nitrogens with one attached hydrogen (secondary N) is 1. The van der Waals surface area contributed by atoms with Gasteiger partial charge in [-0.15, -0.1) is 0 Å². The molecule has 0 aliphatic heterocycles. The van der Waals surface area contributed by atoms with E-state index in [0.717, 1.165) is 0 Å². The van der Waals surface area contributed by atoms with Gasteiger partial charge in [0, 0.05) is 5.69 Å². The predicted octanol–water partition coefficient (Wildman–Crippen LogP) is 0.00460. The summed E-state index contributed by atoms with van der Waals surface area (Å²) < 4.78 is 12.8. The van der Waals surface area contributed by atoms with Gasteiger partial charge in [0.1, 0.15) is 0 Å². The molecule has 1 heterocycles. The molecule has 3 N–H and O–H groups in total. The molecule has 0 fully saturated rings. The first-order valence-electron chi connectivity index (χ1n) is 3.81. The van der Waals surface area contributed by atoms with Crippen molar-refractivity contribution >= 4 is 16.5 Å². The average molecular weight is 195 g/mol. The Bertz CT molecular complexity index is 614. The molecule has 1 aromatic heterocycles. The largest absolute Gasteiger partial charge is 0.398 e. The second kappa shape index (κ2) is 2.69. The second-order valence-electron chi connectivity index (χ2n) is 2.80. The number of nitrogen functional groups attached to an aromatic ring is 1. The van der Waals surface area contributed by atoms with Crippen LogP contribution in [0, 0.1) is 0 Å².